The average Bonchev–Trinajstić information content (AvgIpc) is 3.22. The quantitative estimate of drug-likeness (QED) is 0.310. The molecule has 0 radical (unpaired) electrons. The van der Waals surface area contributed by atoms with Crippen molar-refractivity contribution >= 4 is 25.6 Å². The van der Waals surface area contributed by atoms with Crippen LogP contribution >= 0.6 is 0 Å². The normalized spacial score (nSPS) is 10.4. The molecule has 1 heterocycles. The predicted molar refractivity (Wildman–Crippen MR) is 108 cm³/mol. The molecule has 0 unspecified atom stereocenters. The number of hydrogen-bond acceptors (Lipinski definition) is 0. The molecule has 0 N–H and O–H groups in total. The van der Waals surface area contributed by atoms with Crippen molar-refractivity contribution in [1.82, 2.24) is 0 Å². The second kappa shape index (κ2) is 7.53. The molecule has 1 heteroatoms. The Bertz CT molecular complexity index is 909. The molecule has 0 atom stereocenters. The third-order valence-electron chi connectivity index (χ3n) is 4.20. The standard InChI is InChI=1S/C24H18Se/c1-4-11-19(12-5-1)23(20-13-6-2-7-14-20)24(22-17-10-18-25-22)21-15-8-3-9-16-21/h1-18H. The van der Waals surface area contributed by atoms with E-state index in [9.17, 15) is 0 Å². The molecule has 120 valence electrons. The molecule has 4 rings (SSSR count). The maximum absolute atomic E-state index is 2.29. The van der Waals surface area contributed by atoms with Gasteiger partial charge in [0.2, 0.25) is 0 Å². The fourth-order valence-electron chi connectivity index (χ4n) is 3.10. The Hall–Kier alpha value is -2.60. The van der Waals surface area contributed by atoms with Crippen LogP contribution in [0.4, 0.5) is 0 Å². The van der Waals surface area contributed by atoms with Crippen molar-refractivity contribution in [2.75, 3.05) is 0 Å². The summed E-state index contributed by atoms with van der Waals surface area (Å²) in [7, 11) is 0. The minimum absolute atomic E-state index is 0.375. The van der Waals surface area contributed by atoms with E-state index in [1.807, 2.05) is 0 Å². The maximum atomic E-state index is 2.29. The molecular formula is C24H18Se. The number of hydrogen-bond donors (Lipinski definition) is 0. The van der Waals surface area contributed by atoms with Crippen molar-refractivity contribution < 1.29 is 0 Å². The fraction of sp³-hybridized carbons (Fsp3) is 0. The van der Waals surface area contributed by atoms with E-state index in [1.165, 1.54) is 32.3 Å². The van der Waals surface area contributed by atoms with Crippen molar-refractivity contribution in [3.05, 3.63) is 129 Å². The van der Waals surface area contributed by atoms with Crippen LogP contribution in [-0.4, -0.2) is 14.5 Å². The van der Waals surface area contributed by atoms with Crippen LogP contribution in [0.5, 0.6) is 0 Å². The molecule has 25 heavy (non-hydrogen) atoms. The van der Waals surface area contributed by atoms with Gasteiger partial charge < -0.3 is 0 Å². The van der Waals surface area contributed by atoms with E-state index in [0.717, 1.165) is 0 Å². The molecule has 1 aromatic heterocycles. The first-order valence-electron chi connectivity index (χ1n) is 8.38. The molecular weight excluding hydrogens is 367 g/mol. The van der Waals surface area contributed by atoms with Gasteiger partial charge in [0.05, 0.1) is 0 Å². The van der Waals surface area contributed by atoms with Gasteiger partial charge in [0, 0.05) is 0 Å². The summed E-state index contributed by atoms with van der Waals surface area (Å²) in [6.07, 6.45) is 0. The van der Waals surface area contributed by atoms with Gasteiger partial charge in [-0.05, 0) is 0 Å². The fourth-order valence-corrected chi connectivity index (χ4v) is 4.78. The van der Waals surface area contributed by atoms with Crippen LogP contribution in [0.2, 0.25) is 0 Å². The molecule has 0 nitrogen and oxygen atoms in total. The van der Waals surface area contributed by atoms with Gasteiger partial charge in [0.25, 0.3) is 0 Å². The van der Waals surface area contributed by atoms with Gasteiger partial charge in [0.1, 0.15) is 0 Å². The van der Waals surface area contributed by atoms with Crippen LogP contribution in [0, 0.1) is 0 Å². The average molecular weight is 385 g/mol. The minimum atomic E-state index is 0.375. The van der Waals surface area contributed by atoms with E-state index < -0.39 is 0 Å². The van der Waals surface area contributed by atoms with Crippen molar-refractivity contribution in [1.29, 1.82) is 0 Å². The summed E-state index contributed by atoms with van der Waals surface area (Å²) in [5.41, 5.74) is 6.46. The first kappa shape index (κ1) is 15.9. The van der Waals surface area contributed by atoms with Gasteiger partial charge in [-0.2, -0.15) is 0 Å². The van der Waals surface area contributed by atoms with Crippen LogP contribution in [0.15, 0.2) is 108 Å². The van der Waals surface area contributed by atoms with E-state index in [4.69, 9.17) is 0 Å². The zero-order valence-corrected chi connectivity index (χ0v) is 15.5. The summed E-state index contributed by atoms with van der Waals surface area (Å²) >= 11 is 0.375. The van der Waals surface area contributed by atoms with Gasteiger partial charge in [0.15, 0.2) is 0 Å². The van der Waals surface area contributed by atoms with Gasteiger partial charge in [-0.15, -0.1) is 0 Å². The van der Waals surface area contributed by atoms with Gasteiger partial charge in [-0.25, -0.2) is 0 Å². The number of benzene rings is 3. The summed E-state index contributed by atoms with van der Waals surface area (Å²) < 4.78 is 1.43. The van der Waals surface area contributed by atoms with Crippen molar-refractivity contribution in [2.24, 2.45) is 0 Å². The Morgan fingerprint density at radius 1 is 0.440 bits per heavy atom. The van der Waals surface area contributed by atoms with Crippen LogP contribution in [0.3, 0.4) is 0 Å². The molecule has 0 saturated carbocycles. The third-order valence-corrected chi connectivity index (χ3v) is 6.07. The second-order valence-corrected chi connectivity index (χ2v) is 7.81. The molecule has 4 aromatic rings. The zero-order chi connectivity index (χ0) is 16.9. The van der Waals surface area contributed by atoms with Gasteiger partial charge >= 0.3 is 155 Å². The van der Waals surface area contributed by atoms with Crippen molar-refractivity contribution in [3.63, 3.8) is 0 Å². The summed E-state index contributed by atoms with van der Waals surface area (Å²) in [5.74, 6) is 0. The van der Waals surface area contributed by atoms with E-state index >= 15 is 0 Å². The van der Waals surface area contributed by atoms with Crippen molar-refractivity contribution in [2.45, 2.75) is 0 Å². The summed E-state index contributed by atoms with van der Waals surface area (Å²) in [5, 5.41) is 0. The monoisotopic (exact) mass is 386 g/mol. The Morgan fingerprint density at radius 2 is 0.880 bits per heavy atom. The predicted octanol–water partition coefficient (Wildman–Crippen LogP) is 5.75. The third kappa shape index (κ3) is 3.44. The topological polar surface area (TPSA) is 0 Å². The summed E-state index contributed by atoms with van der Waals surface area (Å²) in [6.45, 7) is 0. The van der Waals surface area contributed by atoms with E-state index in [-0.39, 0.29) is 0 Å². The molecule has 0 aliphatic heterocycles. The van der Waals surface area contributed by atoms with Crippen molar-refractivity contribution in [3.8, 4) is 0 Å². The molecule has 0 aliphatic carbocycles. The van der Waals surface area contributed by atoms with Gasteiger partial charge in [-0.3, -0.25) is 0 Å². The summed E-state index contributed by atoms with van der Waals surface area (Å²) in [6, 6.07) is 36.7. The molecule has 0 saturated heterocycles. The second-order valence-electron chi connectivity index (χ2n) is 5.83. The van der Waals surface area contributed by atoms with Gasteiger partial charge in [-0.1, -0.05) is 0 Å². The number of rotatable bonds is 4. The molecule has 0 aliphatic rings. The van der Waals surface area contributed by atoms with E-state index in [2.05, 4.69) is 108 Å². The molecule has 0 fully saturated rings. The van der Waals surface area contributed by atoms with Crippen LogP contribution in [0.25, 0.3) is 11.1 Å². The Morgan fingerprint density at radius 3 is 1.28 bits per heavy atom. The summed E-state index contributed by atoms with van der Waals surface area (Å²) in [4.78, 5) is 2.29. The van der Waals surface area contributed by atoms with Crippen LogP contribution < -0.4 is 0 Å². The molecule has 3 aromatic carbocycles. The van der Waals surface area contributed by atoms with Crippen LogP contribution in [0.1, 0.15) is 21.1 Å². The van der Waals surface area contributed by atoms with E-state index in [0.29, 0.717) is 14.5 Å². The zero-order valence-electron chi connectivity index (χ0n) is 13.8. The van der Waals surface area contributed by atoms with E-state index in [1.54, 1.807) is 0 Å². The molecule has 0 amide bonds. The SMILES string of the molecule is c1ccc(C(=C(c2ccccc2)c2ccc[se]2)c2ccccc2)cc1. The molecule has 0 bridgehead atoms. The first-order valence-corrected chi connectivity index (χ1v) is 10.2. The molecule has 0 spiro atoms. The Labute approximate surface area is 154 Å². The first-order chi connectivity index (χ1) is 12.4. The van der Waals surface area contributed by atoms with Crippen LogP contribution in [-0.2, 0) is 0 Å². The Balaban J connectivity index is 2.08. The Kier molecular flexibility index (Phi) is 4.79.